The largest absolute Gasteiger partial charge is 0.372 e. The van der Waals surface area contributed by atoms with Crippen molar-refractivity contribution in [2.45, 2.75) is 516 Å². The molecule has 17 rings (SSSR count). The lowest BCUT2D eigenvalue weighted by Crippen LogP contribution is -2.48. The van der Waals surface area contributed by atoms with Gasteiger partial charge in [-0.05, 0) is 509 Å². The summed E-state index contributed by atoms with van der Waals surface area (Å²) in [4.78, 5) is 62.7. The first-order valence-corrected chi connectivity index (χ1v) is 59.7. The molecule has 0 aromatic carbocycles. The highest BCUT2D eigenvalue weighted by molar-refractivity contribution is 5.78. The lowest BCUT2D eigenvalue weighted by Gasteiger charge is -2.37. The van der Waals surface area contributed by atoms with Crippen LogP contribution in [0.5, 0.6) is 0 Å². The number of carbonyl (C=O) groups is 2. The molecule has 17 fully saturated rings. The van der Waals surface area contributed by atoms with Crippen LogP contribution in [-0.2, 0) is 14.3 Å². The van der Waals surface area contributed by atoms with Crippen LogP contribution in [0.3, 0.4) is 0 Å². The molecule has 816 valence electrons. The molecule has 0 radical (unpaired) electrons. The Bertz CT molecular complexity index is 2880. The van der Waals surface area contributed by atoms with E-state index in [0.29, 0.717) is 53.5 Å². The number of likely N-dealkylation sites (N-methyl/N-ethyl adjacent to an activating group) is 2. The fourth-order valence-electron chi connectivity index (χ4n) is 24.6. The van der Waals surface area contributed by atoms with Crippen molar-refractivity contribution in [2.75, 3.05) is 204 Å². The molecule has 15 aliphatic heterocycles. The minimum Gasteiger partial charge on any atom is -0.372 e. The van der Waals surface area contributed by atoms with Gasteiger partial charge in [0.1, 0.15) is 5.78 Å². The molecule has 138 heavy (non-hydrogen) atoms. The first kappa shape index (κ1) is 127. The average molecular weight is 1950 g/mol. The molecular weight excluding hydrogens is 1700 g/mol. The summed E-state index contributed by atoms with van der Waals surface area (Å²) in [5.41, 5.74) is 0.385. The van der Waals surface area contributed by atoms with Crippen molar-refractivity contribution in [3.8, 4) is 0 Å². The van der Waals surface area contributed by atoms with Gasteiger partial charge >= 0.3 is 0 Å². The van der Waals surface area contributed by atoms with Gasteiger partial charge in [0.25, 0.3) is 0 Å². The summed E-state index contributed by atoms with van der Waals surface area (Å²) in [6.07, 6.45) is 42.7. The number of ketones is 1. The molecule has 7 atom stereocenters. The van der Waals surface area contributed by atoms with E-state index in [1.165, 1.54) is 311 Å². The third-order valence-electron chi connectivity index (χ3n) is 35.0. The number of amides is 1. The van der Waals surface area contributed by atoms with Gasteiger partial charge in [0.15, 0.2) is 0 Å². The van der Waals surface area contributed by atoms with E-state index in [0.717, 1.165) is 167 Å². The molecule has 1 amide bonds. The lowest BCUT2D eigenvalue weighted by molar-refractivity contribution is -0.134. The Labute approximate surface area is 860 Å². The van der Waals surface area contributed by atoms with Crippen LogP contribution in [0.15, 0.2) is 0 Å². The first-order valence-electron chi connectivity index (χ1n) is 59.7. The van der Waals surface area contributed by atoms with Gasteiger partial charge in [0.05, 0.1) is 12.2 Å². The number of piperidine rings is 7. The maximum absolute atomic E-state index is 11.7. The smallest absolute Gasteiger partial charge is 0.225 e. The van der Waals surface area contributed by atoms with Crippen LogP contribution >= 0.6 is 0 Å². The number of Topliss-reactive ketones (excluding diaryl/α,β-unsaturated/α-hetero) is 1. The number of piperazine rings is 2. The topological polar surface area (TPSA) is 95.2 Å². The maximum Gasteiger partial charge on any atom is 0.225 e. The summed E-state index contributed by atoms with van der Waals surface area (Å²) in [6.45, 7) is 106. The van der Waals surface area contributed by atoms with Crippen LogP contribution < -0.4 is 0 Å². The summed E-state index contributed by atoms with van der Waals surface area (Å²) < 4.78 is 5.74. The van der Waals surface area contributed by atoms with Gasteiger partial charge in [-0.25, -0.2) is 0 Å². The van der Waals surface area contributed by atoms with Crippen molar-refractivity contribution in [1.29, 1.82) is 0 Å². The normalized spacial score (nSPS) is 27.3. The third kappa shape index (κ3) is 49.3. The van der Waals surface area contributed by atoms with Crippen molar-refractivity contribution in [2.24, 2.45) is 41.4 Å². The summed E-state index contributed by atoms with van der Waals surface area (Å²) >= 11 is 0. The van der Waals surface area contributed by atoms with Crippen molar-refractivity contribution in [1.82, 2.24) is 78.4 Å². The number of carbonyl (C=O) groups excluding carboxylic acids is 2. The molecule has 17 aliphatic rings. The molecule has 15 heterocycles. The highest BCUT2D eigenvalue weighted by Gasteiger charge is 2.41. The number of nitrogens with zero attached hydrogens (tertiary/aromatic N) is 16. The summed E-state index contributed by atoms with van der Waals surface area (Å²) in [7, 11) is 5.88. The van der Waals surface area contributed by atoms with Gasteiger partial charge in [-0.2, -0.15) is 0 Å². The second kappa shape index (κ2) is 68.3. The Morgan fingerprint density at radius 3 is 0.906 bits per heavy atom. The number of likely N-dealkylation sites (tertiary alicyclic amines) is 10. The molecule has 2 aliphatic carbocycles. The van der Waals surface area contributed by atoms with Crippen molar-refractivity contribution < 1.29 is 14.3 Å². The SMILES string of the molecule is CC(=O)C1CCN(C(C)C)CC1.CC(C)N1C2CCCC1CC2.CC(C)N1CC2CCC(C1)O2.CC(C)N1CC2CCCC2C1.CC(C)N1CCC(C(=O)N(C)C)CC1.CC(C)N1CCC(C2CC2)CC1.CC(C)N1CCCC1.CC(C)N1CCCCC1.CC(C)N1CCCCC1.CC(C)N1CCN(C)CC1.CC1CCCN1C(C)(C)C.CC1CCN(C(C)C)CC1.CCN1CCN(C(C)C)CC1. The van der Waals surface area contributed by atoms with Crippen LogP contribution in [0.4, 0.5) is 0 Å². The van der Waals surface area contributed by atoms with Crippen LogP contribution in [0, 0.1) is 41.4 Å². The van der Waals surface area contributed by atoms with Crippen molar-refractivity contribution in [3.63, 3.8) is 0 Å². The highest BCUT2D eigenvalue weighted by atomic mass is 16.5. The molecule has 4 bridgehead atoms. The fraction of sp³-hybridized carbons (Fsp3) is 0.983. The molecule has 0 aromatic heterocycles. The minimum absolute atomic E-state index is 0.264. The molecule has 0 aromatic rings. The Hall–Kier alpha value is -1.50. The molecular formula is C119H242N16O3. The number of fused-ring (bicyclic) bond motifs is 5. The van der Waals surface area contributed by atoms with Gasteiger partial charge in [-0.15, -0.1) is 0 Å². The third-order valence-corrected chi connectivity index (χ3v) is 35.0. The van der Waals surface area contributed by atoms with E-state index in [2.05, 4.69) is 288 Å². The summed E-state index contributed by atoms with van der Waals surface area (Å²) in [5.74, 6) is 6.62. The number of morpholine rings is 1. The van der Waals surface area contributed by atoms with Gasteiger partial charge in [0.2, 0.25) is 5.91 Å². The quantitative estimate of drug-likeness (QED) is 0.147. The van der Waals surface area contributed by atoms with E-state index < -0.39 is 0 Å². The first-order chi connectivity index (χ1) is 65.3. The van der Waals surface area contributed by atoms with E-state index >= 15 is 0 Å². The van der Waals surface area contributed by atoms with Crippen LogP contribution in [0.1, 0.15) is 407 Å². The van der Waals surface area contributed by atoms with Gasteiger partial charge in [0, 0.05) is 201 Å². The fourth-order valence-corrected chi connectivity index (χ4v) is 24.6. The number of ether oxygens (including phenoxy) is 1. The van der Waals surface area contributed by atoms with E-state index in [1.807, 2.05) is 14.1 Å². The van der Waals surface area contributed by atoms with Crippen LogP contribution in [-0.4, -0.2) is 403 Å². The molecule has 0 spiro atoms. The minimum atomic E-state index is 0.264. The van der Waals surface area contributed by atoms with E-state index in [9.17, 15) is 9.59 Å². The zero-order chi connectivity index (χ0) is 102. The predicted octanol–water partition coefficient (Wildman–Crippen LogP) is 22.5. The Morgan fingerprint density at radius 1 is 0.297 bits per heavy atom. The zero-order valence-corrected chi connectivity index (χ0v) is 98.7. The Morgan fingerprint density at radius 2 is 0.609 bits per heavy atom. The molecule has 15 saturated heterocycles. The van der Waals surface area contributed by atoms with Gasteiger partial charge < -0.3 is 58.6 Å². The maximum atomic E-state index is 11.7. The molecule has 7 unspecified atom stereocenters. The van der Waals surface area contributed by atoms with Gasteiger partial charge in [-0.1, -0.05) is 39.5 Å². The number of hydrogen-bond donors (Lipinski definition) is 0. The molecule has 19 heteroatoms. The monoisotopic (exact) mass is 1940 g/mol. The Balaban J connectivity index is 0.000000264. The van der Waals surface area contributed by atoms with Crippen LogP contribution in [0.25, 0.3) is 0 Å². The summed E-state index contributed by atoms with van der Waals surface area (Å²) in [5, 5.41) is 0. The lowest BCUT2D eigenvalue weighted by atomic mass is 9.91. The molecule has 19 nitrogen and oxygen atoms in total. The van der Waals surface area contributed by atoms with E-state index in [1.54, 1.807) is 11.8 Å². The highest BCUT2D eigenvalue weighted by Crippen LogP contribution is 2.43. The van der Waals surface area contributed by atoms with Crippen molar-refractivity contribution in [3.05, 3.63) is 0 Å². The van der Waals surface area contributed by atoms with E-state index in [4.69, 9.17) is 4.74 Å². The number of rotatable bonds is 16. The zero-order valence-electron chi connectivity index (χ0n) is 98.7. The average Bonchev–Trinajstić information content (AvgIpc) is 1.77. The van der Waals surface area contributed by atoms with Gasteiger partial charge in [-0.3, -0.25) is 34.1 Å². The second-order valence-electron chi connectivity index (χ2n) is 50.7. The van der Waals surface area contributed by atoms with E-state index in [-0.39, 0.29) is 5.92 Å². The summed E-state index contributed by atoms with van der Waals surface area (Å²) in [6, 6.07) is 11.5. The molecule has 0 N–H and O–H groups in total. The predicted molar refractivity (Wildman–Crippen MR) is 601 cm³/mol. The molecule has 2 saturated carbocycles. The number of hydrogen-bond acceptors (Lipinski definition) is 18. The van der Waals surface area contributed by atoms with Crippen LogP contribution in [0.2, 0.25) is 0 Å². The van der Waals surface area contributed by atoms with Crippen molar-refractivity contribution >= 4 is 11.7 Å². The standard InChI is InChI=1S/C11H22N2O.C11H21N.C10H19NO.2C10H19N.C9H20N2.C9H17NO.2C9H19N.C8H18N2.2C8H17N.C7H15N/c1-9(2)13-7-5-10(6-8-13)11(14)12(3)4;1-9(2)12-7-5-11(6-8-12)10-3-4-10;1-8(2)11-6-4-10(5-7-11)9(3)12;1-8(2)11-6-9-4-3-5-10(9)7-11;1-8(2)11-9-4-3-5-10(11)7-6-9;1-4-10-5-7-11(8-6-10)9(2)3;1-7(2)10-5-8-3-4-9(6-10)11-8;1-8-6-5-7-10(8)9(2,3)4;2*1-8(2)10-6-4-9(3)5-7-10;2*1-8(2)9-6-4-3-5-7-9;1-7(2)8-5-3-4-6-8/h9-10H,5-8H2,1-4H3;9-11H,3-8H2,1-2H3;8,10H,4-7H2,1-3H3;2*8-10H,3-7H2,1-2H3;9H,4-8H2,1-3H3;7-9H,3-6H2,1-2H3;8H,5-7H2,1-4H3;8-9H,4-7H2,1-3H3;8H,4-7H2,1-3H3;2*8H,3-7H2,1-2H3;7H,3-6H2,1-2H3. The second-order valence-corrected chi connectivity index (χ2v) is 50.7. The Kier molecular flexibility index (Phi) is 62.8.